The van der Waals surface area contributed by atoms with Gasteiger partial charge in [0.05, 0.1) is 19.3 Å². The number of hydrogen-bond donors (Lipinski definition) is 1. The number of rotatable bonds is 6. The van der Waals surface area contributed by atoms with Gasteiger partial charge in [0, 0.05) is 54.3 Å². The third-order valence-electron chi connectivity index (χ3n) is 8.81. The van der Waals surface area contributed by atoms with Gasteiger partial charge in [0.2, 0.25) is 11.8 Å². The summed E-state index contributed by atoms with van der Waals surface area (Å²) in [7, 11) is 0. The lowest BCUT2D eigenvalue weighted by molar-refractivity contribution is -0.145. The molecule has 2 amide bonds. The summed E-state index contributed by atoms with van der Waals surface area (Å²) in [4.78, 5) is 32.8. The smallest absolute Gasteiger partial charge is 0.238 e. The highest BCUT2D eigenvalue weighted by Gasteiger charge is 2.63. The molecule has 3 heterocycles. The maximum atomic E-state index is 15.0. The Morgan fingerprint density at radius 1 is 1.00 bits per heavy atom. The molecule has 1 N–H and O–H groups in total. The Hall–Kier alpha value is -2.97. The number of nitrogens with one attached hydrogen (secondary N) is 1. The summed E-state index contributed by atoms with van der Waals surface area (Å²) in [5, 5.41) is 4.09. The number of piperidine rings is 1. The first-order chi connectivity index (χ1) is 19.8. The van der Waals surface area contributed by atoms with Crippen LogP contribution in [0.2, 0.25) is 10.0 Å². The number of halogens is 3. The number of aryl methyl sites for hydroxylation is 1. The lowest BCUT2D eigenvalue weighted by atomic mass is 9.58. The van der Waals surface area contributed by atoms with E-state index in [1.165, 1.54) is 12.1 Å². The molecule has 6 nitrogen and oxygen atoms in total. The predicted octanol–water partition coefficient (Wildman–Crippen LogP) is 6.11. The predicted molar refractivity (Wildman–Crippen MR) is 158 cm³/mol. The molecule has 9 heteroatoms. The Kier molecular flexibility index (Phi) is 7.81. The van der Waals surface area contributed by atoms with Crippen molar-refractivity contribution in [3.63, 3.8) is 0 Å². The zero-order valence-electron chi connectivity index (χ0n) is 22.8. The first kappa shape index (κ1) is 28.2. The minimum Gasteiger partial charge on any atom is -0.379 e. The molecule has 1 spiro atoms. The van der Waals surface area contributed by atoms with Crippen molar-refractivity contribution in [3.8, 4) is 0 Å². The monoisotopic (exact) mass is 595 g/mol. The van der Waals surface area contributed by atoms with E-state index in [1.54, 1.807) is 24.3 Å². The summed E-state index contributed by atoms with van der Waals surface area (Å²) in [5.41, 5.74) is 2.33. The molecule has 3 aromatic carbocycles. The van der Waals surface area contributed by atoms with Crippen molar-refractivity contribution in [2.24, 2.45) is 0 Å². The molecule has 3 aliphatic rings. The van der Waals surface area contributed by atoms with Crippen LogP contribution in [0.15, 0.2) is 60.7 Å². The van der Waals surface area contributed by atoms with Crippen LogP contribution in [0, 0.1) is 12.7 Å². The third kappa shape index (κ3) is 5.03. The van der Waals surface area contributed by atoms with Gasteiger partial charge in [0.1, 0.15) is 11.2 Å². The minimum absolute atomic E-state index is 0.0774. The van der Waals surface area contributed by atoms with Crippen LogP contribution in [0.1, 0.15) is 47.1 Å². The van der Waals surface area contributed by atoms with Gasteiger partial charge >= 0.3 is 0 Å². The number of fused-ring (bicyclic) bond motifs is 2. The highest BCUT2D eigenvalue weighted by atomic mass is 35.5. The zero-order valence-corrected chi connectivity index (χ0v) is 24.3. The Labute approximate surface area is 249 Å². The average Bonchev–Trinajstić information content (AvgIpc) is 3.23. The molecular formula is C32H32Cl2FN3O3. The Morgan fingerprint density at radius 2 is 1.78 bits per heavy atom. The van der Waals surface area contributed by atoms with Gasteiger partial charge in [0.15, 0.2) is 0 Å². The second-order valence-electron chi connectivity index (χ2n) is 11.1. The van der Waals surface area contributed by atoms with Crippen LogP contribution in [0.5, 0.6) is 0 Å². The molecule has 6 rings (SSSR count). The van der Waals surface area contributed by atoms with E-state index in [1.807, 2.05) is 36.1 Å². The van der Waals surface area contributed by atoms with Crippen LogP contribution in [-0.4, -0.2) is 61.0 Å². The van der Waals surface area contributed by atoms with Crippen LogP contribution in [0.3, 0.4) is 0 Å². The van der Waals surface area contributed by atoms with Crippen molar-refractivity contribution in [3.05, 3.63) is 98.8 Å². The molecule has 41 heavy (non-hydrogen) atoms. The lowest BCUT2D eigenvalue weighted by Gasteiger charge is -2.52. The topological polar surface area (TPSA) is 61.9 Å². The number of carbonyl (C=O) groups is 2. The van der Waals surface area contributed by atoms with Crippen molar-refractivity contribution in [1.82, 2.24) is 9.80 Å². The zero-order chi connectivity index (χ0) is 28.7. The summed E-state index contributed by atoms with van der Waals surface area (Å²) < 4.78 is 20.4. The van der Waals surface area contributed by atoms with Gasteiger partial charge in [-0.05, 0) is 72.0 Å². The summed E-state index contributed by atoms with van der Waals surface area (Å²) >= 11 is 12.8. The summed E-state index contributed by atoms with van der Waals surface area (Å²) in [6.07, 6.45) is 0.821. The largest absolute Gasteiger partial charge is 0.379 e. The molecule has 3 aromatic rings. The first-order valence-electron chi connectivity index (χ1n) is 14.0. The number of carbonyl (C=O) groups excluding carboxylic acids is 2. The number of likely N-dealkylation sites (tertiary alicyclic amines) is 1. The number of amides is 2. The van der Waals surface area contributed by atoms with Gasteiger partial charge in [-0.1, -0.05) is 47.5 Å². The molecule has 2 fully saturated rings. The summed E-state index contributed by atoms with van der Waals surface area (Å²) in [5.74, 6) is -1.27. The number of benzene rings is 3. The molecule has 0 saturated carbocycles. The van der Waals surface area contributed by atoms with Crippen LogP contribution in [0.25, 0.3) is 0 Å². The Bertz CT molecular complexity index is 1490. The summed E-state index contributed by atoms with van der Waals surface area (Å²) in [6.45, 7) is 6.20. The average molecular weight is 597 g/mol. The second-order valence-corrected chi connectivity index (χ2v) is 12.0. The number of anilines is 1. The van der Waals surface area contributed by atoms with E-state index in [2.05, 4.69) is 10.2 Å². The number of ether oxygens (including phenoxy) is 1. The van der Waals surface area contributed by atoms with Gasteiger partial charge in [-0.15, -0.1) is 0 Å². The van der Waals surface area contributed by atoms with E-state index in [0.717, 1.165) is 36.3 Å². The van der Waals surface area contributed by atoms with E-state index in [0.29, 0.717) is 47.5 Å². The maximum Gasteiger partial charge on any atom is 0.238 e. The first-order valence-corrected chi connectivity index (χ1v) is 14.8. The van der Waals surface area contributed by atoms with Crippen molar-refractivity contribution < 1.29 is 18.7 Å². The van der Waals surface area contributed by atoms with Crippen molar-refractivity contribution in [1.29, 1.82) is 0 Å². The van der Waals surface area contributed by atoms with E-state index in [9.17, 15) is 14.0 Å². The highest BCUT2D eigenvalue weighted by molar-refractivity contribution is 6.31. The third-order valence-corrected chi connectivity index (χ3v) is 9.28. The molecule has 3 atom stereocenters. The van der Waals surface area contributed by atoms with E-state index in [-0.39, 0.29) is 18.2 Å². The van der Waals surface area contributed by atoms with Gasteiger partial charge in [0.25, 0.3) is 0 Å². The molecule has 214 valence electrons. The number of morpholine rings is 1. The van der Waals surface area contributed by atoms with E-state index in [4.69, 9.17) is 27.9 Å². The Balaban J connectivity index is 1.54. The number of nitrogens with zero attached hydrogens (tertiary/aromatic N) is 2. The van der Waals surface area contributed by atoms with Crippen LogP contribution < -0.4 is 5.32 Å². The molecule has 0 radical (unpaired) electrons. The van der Waals surface area contributed by atoms with Crippen LogP contribution in [0.4, 0.5) is 10.1 Å². The van der Waals surface area contributed by atoms with Crippen LogP contribution in [-0.2, 0) is 19.7 Å². The second kappa shape index (κ2) is 11.4. The molecule has 0 aromatic heterocycles. The molecule has 0 unspecified atom stereocenters. The number of hydrogen-bond acceptors (Lipinski definition) is 4. The lowest BCUT2D eigenvalue weighted by Crippen LogP contribution is -2.58. The van der Waals surface area contributed by atoms with Crippen LogP contribution >= 0.6 is 23.2 Å². The molecule has 0 aliphatic carbocycles. The fourth-order valence-corrected chi connectivity index (χ4v) is 7.32. The quantitative estimate of drug-likeness (QED) is 0.373. The maximum absolute atomic E-state index is 15.0. The Morgan fingerprint density at radius 3 is 2.56 bits per heavy atom. The van der Waals surface area contributed by atoms with Gasteiger partial charge in [-0.3, -0.25) is 14.5 Å². The van der Waals surface area contributed by atoms with Crippen molar-refractivity contribution in [2.75, 3.05) is 44.7 Å². The molecule has 3 aliphatic heterocycles. The highest BCUT2D eigenvalue weighted by Crippen LogP contribution is 2.60. The SMILES string of the molecule is Cc1ccc(F)cc1[C@@H]1N(CCCN2CCOCC2)C(=O)C[C@H](c2cccc(Cl)c2)[C@@]12C(=O)Nc1cc(Cl)ccc12. The fourth-order valence-electron chi connectivity index (χ4n) is 6.95. The van der Waals surface area contributed by atoms with Gasteiger partial charge in [-0.2, -0.15) is 0 Å². The molecule has 2 saturated heterocycles. The van der Waals surface area contributed by atoms with Gasteiger partial charge < -0.3 is 15.0 Å². The molecular weight excluding hydrogens is 564 g/mol. The fraction of sp³-hybridized carbons (Fsp3) is 0.375. The van der Waals surface area contributed by atoms with Crippen molar-refractivity contribution >= 4 is 40.7 Å². The summed E-state index contributed by atoms with van der Waals surface area (Å²) in [6, 6.07) is 16.6. The van der Waals surface area contributed by atoms with Gasteiger partial charge in [-0.25, -0.2) is 4.39 Å². The normalized spacial score (nSPS) is 24.5. The minimum atomic E-state index is -1.24. The van der Waals surface area contributed by atoms with E-state index >= 15 is 0 Å². The standard InChI is InChI=1S/C32H32Cl2FN3O3/c1-20-6-8-24(35)18-25(20)30-32(26-9-7-23(34)17-28(26)36-31(32)40)27(21-4-2-5-22(33)16-21)19-29(39)38(30)11-3-10-37-12-14-41-15-13-37/h2,4-9,16-18,27,30H,3,10-15,19H2,1H3,(H,36,40)/t27-,30+,32-/m1/s1. The molecule has 0 bridgehead atoms. The van der Waals surface area contributed by atoms with E-state index < -0.39 is 23.2 Å². The van der Waals surface area contributed by atoms with Crippen molar-refractivity contribution in [2.45, 2.75) is 37.1 Å².